The van der Waals surface area contributed by atoms with Gasteiger partial charge in [0.2, 0.25) is 0 Å². The predicted molar refractivity (Wildman–Crippen MR) is 72.9 cm³/mol. The lowest BCUT2D eigenvalue weighted by Crippen LogP contribution is -2.35. The molecule has 92 valence electrons. The topological polar surface area (TPSA) is 46.3 Å². The number of nitrogens with zero attached hydrogens (tertiary/aromatic N) is 1. The zero-order valence-corrected chi connectivity index (χ0v) is 11.5. The number of anilines is 1. The minimum absolute atomic E-state index is 0.0912. The molecule has 0 saturated carbocycles. The van der Waals surface area contributed by atoms with Gasteiger partial charge in [-0.05, 0) is 53.4 Å². The summed E-state index contributed by atoms with van der Waals surface area (Å²) in [6.45, 7) is 2.99. The average Bonchev–Trinajstić information content (AvgIpc) is 2.79. The van der Waals surface area contributed by atoms with Crippen LogP contribution in [-0.4, -0.2) is 23.4 Å². The van der Waals surface area contributed by atoms with Crippen molar-refractivity contribution in [2.75, 3.05) is 12.3 Å². The van der Waals surface area contributed by atoms with Gasteiger partial charge in [0.25, 0.3) is 5.91 Å². The molecule has 1 unspecified atom stereocenters. The van der Waals surface area contributed by atoms with Crippen molar-refractivity contribution >= 4 is 27.5 Å². The first-order chi connectivity index (χ1) is 8.13. The number of nitrogen functional groups attached to an aromatic ring is 1. The van der Waals surface area contributed by atoms with Gasteiger partial charge in [-0.1, -0.05) is 6.92 Å². The van der Waals surface area contributed by atoms with Crippen molar-refractivity contribution in [1.29, 1.82) is 0 Å². The minimum Gasteiger partial charge on any atom is -0.399 e. The van der Waals surface area contributed by atoms with E-state index < -0.39 is 0 Å². The van der Waals surface area contributed by atoms with E-state index in [9.17, 15) is 4.79 Å². The maximum Gasteiger partial charge on any atom is 0.255 e. The molecule has 1 fully saturated rings. The summed E-state index contributed by atoms with van der Waals surface area (Å²) in [5, 5.41) is 0. The quantitative estimate of drug-likeness (QED) is 0.853. The number of benzene rings is 1. The van der Waals surface area contributed by atoms with Crippen molar-refractivity contribution in [3.63, 3.8) is 0 Å². The van der Waals surface area contributed by atoms with Gasteiger partial charge in [-0.15, -0.1) is 0 Å². The van der Waals surface area contributed by atoms with Crippen LogP contribution in [0, 0.1) is 0 Å². The summed E-state index contributed by atoms with van der Waals surface area (Å²) in [5.41, 5.74) is 7.04. The molecule has 1 heterocycles. The fraction of sp³-hybridized carbons (Fsp3) is 0.462. The Morgan fingerprint density at radius 2 is 2.35 bits per heavy atom. The van der Waals surface area contributed by atoms with Gasteiger partial charge in [0.1, 0.15) is 0 Å². The monoisotopic (exact) mass is 296 g/mol. The number of hydrogen-bond donors (Lipinski definition) is 1. The van der Waals surface area contributed by atoms with Crippen molar-refractivity contribution in [1.82, 2.24) is 4.90 Å². The zero-order valence-electron chi connectivity index (χ0n) is 9.95. The summed E-state index contributed by atoms with van der Waals surface area (Å²) in [6, 6.07) is 5.76. The molecule has 1 aromatic carbocycles. The number of nitrogens with two attached hydrogens (primary N) is 1. The highest BCUT2D eigenvalue weighted by Gasteiger charge is 2.28. The van der Waals surface area contributed by atoms with Gasteiger partial charge >= 0.3 is 0 Å². The molecule has 0 aromatic heterocycles. The van der Waals surface area contributed by atoms with Crippen LogP contribution in [0.3, 0.4) is 0 Å². The van der Waals surface area contributed by atoms with Gasteiger partial charge in [-0.25, -0.2) is 0 Å². The van der Waals surface area contributed by atoms with Crippen molar-refractivity contribution < 1.29 is 4.79 Å². The van der Waals surface area contributed by atoms with Crippen molar-refractivity contribution in [2.45, 2.75) is 32.2 Å². The Balaban J connectivity index is 2.27. The SMILES string of the molecule is CCC1CCCN1C(=O)c1cc(N)ccc1Br. The zero-order chi connectivity index (χ0) is 12.4. The smallest absolute Gasteiger partial charge is 0.255 e. The molecule has 0 bridgehead atoms. The molecule has 2 rings (SSSR count). The molecular weight excluding hydrogens is 280 g/mol. The van der Waals surface area contributed by atoms with Crippen molar-refractivity contribution in [3.8, 4) is 0 Å². The highest BCUT2D eigenvalue weighted by molar-refractivity contribution is 9.10. The van der Waals surface area contributed by atoms with E-state index in [-0.39, 0.29) is 5.91 Å². The van der Waals surface area contributed by atoms with Crippen LogP contribution in [0.2, 0.25) is 0 Å². The molecule has 3 nitrogen and oxygen atoms in total. The van der Waals surface area contributed by atoms with Crippen LogP contribution in [0.15, 0.2) is 22.7 Å². The lowest BCUT2D eigenvalue weighted by molar-refractivity contribution is 0.0733. The van der Waals surface area contributed by atoms with Crippen LogP contribution < -0.4 is 5.73 Å². The summed E-state index contributed by atoms with van der Waals surface area (Å²) >= 11 is 3.42. The number of carbonyl (C=O) groups excluding carboxylic acids is 1. The Hall–Kier alpha value is -1.03. The highest BCUT2D eigenvalue weighted by atomic mass is 79.9. The van der Waals surface area contributed by atoms with E-state index in [4.69, 9.17) is 5.73 Å². The molecule has 1 aliphatic rings. The van der Waals surface area contributed by atoms with Crippen molar-refractivity contribution in [3.05, 3.63) is 28.2 Å². The Bertz CT molecular complexity index is 433. The van der Waals surface area contributed by atoms with Crippen LogP contribution in [0.5, 0.6) is 0 Å². The van der Waals surface area contributed by atoms with Crippen LogP contribution in [-0.2, 0) is 0 Å². The van der Waals surface area contributed by atoms with E-state index >= 15 is 0 Å². The van der Waals surface area contributed by atoms with E-state index in [0.29, 0.717) is 17.3 Å². The summed E-state index contributed by atoms with van der Waals surface area (Å²) < 4.78 is 0.818. The molecule has 17 heavy (non-hydrogen) atoms. The molecule has 0 spiro atoms. The number of likely N-dealkylation sites (tertiary alicyclic amines) is 1. The lowest BCUT2D eigenvalue weighted by Gasteiger charge is -2.24. The van der Waals surface area contributed by atoms with E-state index in [1.54, 1.807) is 12.1 Å². The van der Waals surface area contributed by atoms with Crippen molar-refractivity contribution in [2.24, 2.45) is 0 Å². The molecule has 1 amide bonds. The molecule has 1 aliphatic heterocycles. The van der Waals surface area contributed by atoms with Crippen LogP contribution >= 0.6 is 15.9 Å². The first-order valence-electron chi connectivity index (χ1n) is 5.99. The van der Waals surface area contributed by atoms with Gasteiger partial charge in [0.15, 0.2) is 0 Å². The Labute approximate surface area is 110 Å². The minimum atomic E-state index is 0.0912. The van der Waals surface area contributed by atoms with E-state index in [1.807, 2.05) is 11.0 Å². The molecular formula is C13H17BrN2O. The van der Waals surface area contributed by atoms with Gasteiger partial charge in [-0.2, -0.15) is 0 Å². The normalized spacial score (nSPS) is 19.6. The summed E-state index contributed by atoms with van der Waals surface area (Å²) in [6.07, 6.45) is 3.23. The summed E-state index contributed by atoms with van der Waals surface area (Å²) in [7, 11) is 0. The lowest BCUT2D eigenvalue weighted by atomic mass is 10.1. The fourth-order valence-electron chi connectivity index (χ4n) is 2.39. The van der Waals surface area contributed by atoms with Crippen LogP contribution in [0.1, 0.15) is 36.5 Å². The number of amides is 1. The number of rotatable bonds is 2. The third kappa shape index (κ3) is 2.46. The third-order valence-electron chi connectivity index (χ3n) is 3.33. The van der Waals surface area contributed by atoms with Gasteiger partial charge in [0, 0.05) is 22.7 Å². The predicted octanol–water partition coefficient (Wildman–Crippen LogP) is 3.05. The Kier molecular flexibility index (Phi) is 3.72. The molecule has 4 heteroatoms. The first kappa shape index (κ1) is 12.4. The number of hydrogen-bond acceptors (Lipinski definition) is 2. The van der Waals surface area contributed by atoms with Gasteiger partial charge in [0.05, 0.1) is 5.56 Å². The summed E-state index contributed by atoms with van der Waals surface area (Å²) in [4.78, 5) is 14.4. The maximum atomic E-state index is 12.4. The molecule has 1 atom stereocenters. The van der Waals surface area contributed by atoms with E-state index in [1.165, 1.54) is 0 Å². The Morgan fingerprint density at radius 1 is 1.59 bits per heavy atom. The largest absolute Gasteiger partial charge is 0.399 e. The molecule has 0 radical (unpaired) electrons. The average molecular weight is 297 g/mol. The van der Waals surface area contributed by atoms with Gasteiger partial charge in [-0.3, -0.25) is 4.79 Å². The maximum absolute atomic E-state index is 12.4. The second-order valence-electron chi connectivity index (χ2n) is 4.44. The first-order valence-corrected chi connectivity index (χ1v) is 6.78. The van der Waals surface area contributed by atoms with E-state index in [2.05, 4.69) is 22.9 Å². The number of halogens is 1. The molecule has 1 saturated heterocycles. The van der Waals surface area contributed by atoms with E-state index in [0.717, 1.165) is 30.3 Å². The standard InChI is InChI=1S/C13H17BrN2O/c1-2-10-4-3-7-16(10)13(17)11-8-9(15)5-6-12(11)14/h5-6,8,10H,2-4,7,15H2,1H3. The third-order valence-corrected chi connectivity index (χ3v) is 4.02. The second kappa shape index (κ2) is 5.08. The highest BCUT2D eigenvalue weighted by Crippen LogP contribution is 2.26. The Morgan fingerprint density at radius 3 is 3.06 bits per heavy atom. The molecule has 2 N–H and O–H groups in total. The van der Waals surface area contributed by atoms with Crippen LogP contribution in [0.4, 0.5) is 5.69 Å². The second-order valence-corrected chi connectivity index (χ2v) is 5.30. The molecule has 1 aromatic rings. The fourth-order valence-corrected chi connectivity index (χ4v) is 2.81. The van der Waals surface area contributed by atoms with Crippen LogP contribution in [0.25, 0.3) is 0 Å². The number of carbonyl (C=O) groups is 1. The molecule has 0 aliphatic carbocycles. The van der Waals surface area contributed by atoms with Gasteiger partial charge < -0.3 is 10.6 Å². The summed E-state index contributed by atoms with van der Waals surface area (Å²) in [5.74, 6) is 0.0912.